The van der Waals surface area contributed by atoms with Gasteiger partial charge < -0.3 is 9.47 Å². The van der Waals surface area contributed by atoms with E-state index in [1.165, 1.54) is 13.2 Å². The molecule has 4 heteroatoms. The third kappa shape index (κ3) is 2.58. The molecule has 0 spiro atoms. The van der Waals surface area contributed by atoms with Gasteiger partial charge in [-0.25, -0.2) is 0 Å². The van der Waals surface area contributed by atoms with Crippen LogP contribution in [0.25, 0.3) is 0 Å². The average molecular weight is 202 g/mol. The summed E-state index contributed by atoms with van der Waals surface area (Å²) in [7, 11) is 1.42. The van der Waals surface area contributed by atoms with Gasteiger partial charge in [0.25, 0.3) is 0 Å². The second-order valence-corrected chi connectivity index (χ2v) is 2.72. The molecule has 2 nitrogen and oxygen atoms in total. The molecule has 78 valence electrons. The van der Waals surface area contributed by atoms with Crippen molar-refractivity contribution in [3.05, 3.63) is 23.8 Å². The molecule has 0 saturated carbocycles. The predicted octanol–water partition coefficient (Wildman–Crippen LogP) is 2.86. The lowest BCUT2D eigenvalue weighted by atomic mass is 10.1. The molecular weight excluding hydrogens is 190 g/mol. The van der Waals surface area contributed by atoms with Crippen LogP contribution in [0.3, 0.4) is 0 Å². The van der Waals surface area contributed by atoms with Crippen molar-refractivity contribution in [3.63, 3.8) is 0 Å². The van der Waals surface area contributed by atoms with E-state index in [1.54, 1.807) is 12.1 Å². The van der Waals surface area contributed by atoms with E-state index in [0.29, 0.717) is 5.75 Å². The van der Waals surface area contributed by atoms with E-state index < -0.39 is 6.61 Å². The Balaban J connectivity index is 2.93. The predicted molar refractivity (Wildman–Crippen MR) is 49.0 cm³/mol. The van der Waals surface area contributed by atoms with Crippen LogP contribution in [0, 0.1) is 0 Å². The standard InChI is InChI=1S/C10H12F2O2/c1-3-7-4-5-8(14-10(11)12)9(6-7)13-2/h4-6,10H,3H2,1-2H3. The zero-order valence-electron chi connectivity index (χ0n) is 8.09. The fourth-order valence-electron chi connectivity index (χ4n) is 1.13. The summed E-state index contributed by atoms with van der Waals surface area (Å²) in [5.74, 6) is 0.407. The van der Waals surface area contributed by atoms with Crippen molar-refractivity contribution < 1.29 is 18.3 Å². The number of aryl methyl sites for hydroxylation is 1. The Morgan fingerprint density at radius 2 is 2.00 bits per heavy atom. The van der Waals surface area contributed by atoms with Crippen molar-refractivity contribution in [2.45, 2.75) is 20.0 Å². The van der Waals surface area contributed by atoms with Crippen LogP contribution in [0.4, 0.5) is 8.78 Å². The highest BCUT2D eigenvalue weighted by Crippen LogP contribution is 2.29. The van der Waals surface area contributed by atoms with Gasteiger partial charge in [0.15, 0.2) is 11.5 Å². The lowest BCUT2D eigenvalue weighted by Gasteiger charge is -2.10. The van der Waals surface area contributed by atoms with Crippen molar-refractivity contribution in [2.24, 2.45) is 0 Å². The van der Waals surface area contributed by atoms with Gasteiger partial charge in [-0.3, -0.25) is 0 Å². The minimum absolute atomic E-state index is 0.0692. The van der Waals surface area contributed by atoms with Crippen molar-refractivity contribution in [1.29, 1.82) is 0 Å². The maximum atomic E-state index is 11.9. The van der Waals surface area contributed by atoms with Crippen molar-refractivity contribution in [3.8, 4) is 11.5 Å². The molecular formula is C10H12F2O2. The largest absolute Gasteiger partial charge is 0.493 e. The van der Waals surface area contributed by atoms with Crippen LogP contribution in [0.2, 0.25) is 0 Å². The summed E-state index contributed by atoms with van der Waals surface area (Å²) in [5.41, 5.74) is 1.02. The molecule has 0 aromatic heterocycles. The molecule has 0 bridgehead atoms. The van der Waals surface area contributed by atoms with Crippen molar-refractivity contribution >= 4 is 0 Å². The first-order chi connectivity index (χ1) is 6.67. The molecule has 1 rings (SSSR count). The first-order valence-electron chi connectivity index (χ1n) is 4.29. The number of benzene rings is 1. The average Bonchev–Trinajstić information content (AvgIpc) is 2.17. The van der Waals surface area contributed by atoms with Gasteiger partial charge >= 0.3 is 6.61 Å². The molecule has 1 aromatic rings. The Morgan fingerprint density at radius 3 is 2.50 bits per heavy atom. The molecule has 0 N–H and O–H groups in total. The Bertz CT molecular complexity index is 300. The number of halogens is 2. The summed E-state index contributed by atoms with van der Waals surface area (Å²) in [5, 5.41) is 0. The van der Waals surface area contributed by atoms with Crippen LogP contribution < -0.4 is 9.47 Å². The number of hydrogen-bond acceptors (Lipinski definition) is 2. The highest BCUT2D eigenvalue weighted by Gasteiger charge is 2.10. The highest BCUT2D eigenvalue weighted by molar-refractivity contribution is 5.42. The molecule has 1 aromatic carbocycles. The minimum atomic E-state index is -2.82. The molecule has 0 atom stereocenters. The Labute approximate surface area is 81.4 Å². The summed E-state index contributed by atoms with van der Waals surface area (Å²) >= 11 is 0. The number of ether oxygens (including phenoxy) is 2. The molecule has 0 saturated heterocycles. The van der Waals surface area contributed by atoms with Gasteiger partial charge in [0.1, 0.15) is 0 Å². The van der Waals surface area contributed by atoms with Crippen LogP contribution in [0.15, 0.2) is 18.2 Å². The van der Waals surface area contributed by atoms with Crippen LogP contribution >= 0.6 is 0 Å². The molecule has 0 amide bonds. The van der Waals surface area contributed by atoms with E-state index in [0.717, 1.165) is 12.0 Å². The third-order valence-electron chi connectivity index (χ3n) is 1.85. The SMILES string of the molecule is CCc1ccc(OC(F)F)c(OC)c1. The molecule has 0 unspecified atom stereocenters. The zero-order valence-corrected chi connectivity index (χ0v) is 8.09. The highest BCUT2D eigenvalue weighted by atomic mass is 19.3. The van der Waals surface area contributed by atoms with E-state index in [4.69, 9.17) is 4.74 Å². The monoisotopic (exact) mass is 202 g/mol. The summed E-state index contributed by atoms with van der Waals surface area (Å²) in [6.07, 6.45) is 0.825. The Morgan fingerprint density at radius 1 is 1.29 bits per heavy atom. The summed E-state index contributed by atoms with van der Waals surface area (Å²) < 4.78 is 33.1. The summed E-state index contributed by atoms with van der Waals surface area (Å²) in [6, 6.07) is 4.92. The van der Waals surface area contributed by atoms with Gasteiger partial charge in [0.2, 0.25) is 0 Å². The zero-order chi connectivity index (χ0) is 10.6. The van der Waals surface area contributed by atoms with Crippen molar-refractivity contribution in [2.75, 3.05) is 7.11 Å². The Kier molecular flexibility index (Phi) is 3.68. The fourth-order valence-corrected chi connectivity index (χ4v) is 1.13. The summed E-state index contributed by atoms with van der Waals surface area (Å²) in [4.78, 5) is 0. The van der Waals surface area contributed by atoms with Gasteiger partial charge in [0.05, 0.1) is 7.11 Å². The van der Waals surface area contributed by atoms with E-state index in [9.17, 15) is 8.78 Å². The van der Waals surface area contributed by atoms with E-state index in [1.807, 2.05) is 6.92 Å². The van der Waals surface area contributed by atoms with Crippen LogP contribution in [0.5, 0.6) is 11.5 Å². The van der Waals surface area contributed by atoms with Gasteiger partial charge in [0, 0.05) is 0 Å². The maximum absolute atomic E-state index is 11.9. The first-order valence-corrected chi connectivity index (χ1v) is 4.29. The molecule has 14 heavy (non-hydrogen) atoms. The van der Waals surface area contributed by atoms with E-state index in [2.05, 4.69) is 4.74 Å². The van der Waals surface area contributed by atoms with Crippen LogP contribution in [0.1, 0.15) is 12.5 Å². The van der Waals surface area contributed by atoms with Gasteiger partial charge in [-0.15, -0.1) is 0 Å². The molecule has 0 aliphatic rings. The second-order valence-electron chi connectivity index (χ2n) is 2.72. The lowest BCUT2D eigenvalue weighted by Crippen LogP contribution is -2.03. The van der Waals surface area contributed by atoms with Crippen molar-refractivity contribution in [1.82, 2.24) is 0 Å². The van der Waals surface area contributed by atoms with Crippen LogP contribution in [-0.4, -0.2) is 13.7 Å². The van der Waals surface area contributed by atoms with E-state index in [-0.39, 0.29) is 5.75 Å². The van der Waals surface area contributed by atoms with Crippen LogP contribution in [-0.2, 0) is 6.42 Å². The number of rotatable bonds is 4. The molecule has 0 radical (unpaired) electrons. The number of methoxy groups -OCH3 is 1. The second kappa shape index (κ2) is 4.79. The normalized spacial score (nSPS) is 10.4. The topological polar surface area (TPSA) is 18.5 Å². The minimum Gasteiger partial charge on any atom is -0.493 e. The third-order valence-corrected chi connectivity index (χ3v) is 1.85. The lowest BCUT2D eigenvalue weighted by molar-refractivity contribution is -0.0512. The molecule has 0 heterocycles. The fraction of sp³-hybridized carbons (Fsp3) is 0.400. The van der Waals surface area contributed by atoms with Gasteiger partial charge in [-0.05, 0) is 24.1 Å². The Hall–Kier alpha value is -1.32. The summed E-state index contributed by atoms with van der Waals surface area (Å²) in [6.45, 7) is -0.848. The molecule has 0 fully saturated rings. The smallest absolute Gasteiger partial charge is 0.387 e. The quantitative estimate of drug-likeness (QED) is 0.747. The van der Waals surface area contributed by atoms with Gasteiger partial charge in [-0.1, -0.05) is 13.0 Å². The number of hydrogen-bond donors (Lipinski definition) is 0. The molecule has 0 aliphatic heterocycles. The molecule has 0 aliphatic carbocycles. The first kappa shape index (κ1) is 10.8. The van der Waals surface area contributed by atoms with Gasteiger partial charge in [-0.2, -0.15) is 8.78 Å². The van der Waals surface area contributed by atoms with E-state index >= 15 is 0 Å². The number of alkyl halides is 2. The maximum Gasteiger partial charge on any atom is 0.387 e.